The lowest BCUT2D eigenvalue weighted by Gasteiger charge is -2.22. The summed E-state index contributed by atoms with van der Waals surface area (Å²) in [4.78, 5) is 26.7. The molecular weight excluding hydrogens is 402 g/mol. The topological polar surface area (TPSA) is 95.6 Å². The SMILES string of the molecule is CCC(=O)N1CCc2cc(S(=O)(=O)NC(CC(C)C)C(=O)NC3CCCC3)ccc21. The highest BCUT2D eigenvalue weighted by Gasteiger charge is 2.30. The zero-order valence-corrected chi connectivity index (χ0v) is 18.9. The van der Waals surface area contributed by atoms with Gasteiger partial charge in [0.25, 0.3) is 0 Å². The molecule has 1 atom stereocenters. The zero-order chi connectivity index (χ0) is 21.9. The van der Waals surface area contributed by atoms with Gasteiger partial charge in [0.2, 0.25) is 21.8 Å². The van der Waals surface area contributed by atoms with Crippen molar-refractivity contribution in [2.24, 2.45) is 5.92 Å². The van der Waals surface area contributed by atoms with E-state index in [1.807, 2.05) is 20.8 Å². The minimum absolute atomic E-state index is 0.0306. The molecule has 0 radical (unpaired) electrons. The van der Waals surface area contributed by atoms with Gasteiger partial charge in [0.1, 0.15) is 6.04 Å². The van der Waals surface area contributed by atoms with Crippen molar-refractivity contribution in [3.05, 3.63) is 23.8 Å². The van der Waals surface area contributed by atoms with Gasteiger partial charge in [0.15, 0.2) is 0 Å². The maximum absolute atomic E-state index is 13.1. The summed E-state index contributed by atoms with van der Waals surface area (Å²) in [5, 5.41) is 3.01. The number of carbonyl (C=O) groups excluding carboxylic acids is 2. The molecule has 3 rings (SSSR count). The quantitative estimate of drug-likeness (QED) is 0.656. The molecule has 1 heterocycles. The molecule has 0 spiro atoms. The fourth-order valence-corrected chi connectivity index (χ4v) is 5.56. The molecule has 1 aromatic rings. The number of amides is 2. The molecule has 0 aromatic heterocycles. The number of rotatable bonds is 8. The molecular formula is C22H33N3O4S. The number of nitrogens with zero attached hydrogens (tertiary/aromatic N) is 1. The average molecular weight is 436 g/mol. The van der Waals surface area contributed by atoms with Gasteiger partial charge in [-0.2, -0.15) is 4.72 Å². The molecule has 2 N–H and O–H groups in total. The lowest BCUT2D eigenvalue weighted by Crippen LogP contribution is -2.49. The van der Waals surface area contributed by atoms with Gasteiger partial charge in [-0.15, -0.1) is 0 Å². The monoisotopic (exact) mass is 435 g/mol. The first-order valence-corrected chi connectivity index (χ1v) is 12.5. The van der Waals surface area contributed by atoms with Gasteiger partial charge in [-0.05, 0) is 55.4 Å². The summed E-state index contributed by atoms with van der Waals surface area (Å²) in [6.07, 6.45) is 5.56. The van der Waals surface area contributed by atoms with Crippen LogP contribution in [0.4, 0.5) is 5.69 Å². The van der Waals surface area contributed by atoms with E-state index in [0.29, 0.717) is 25.8 Å². The number of hydrogen-bond acceptors (Lipinski definition) is 4. The lowest BCUT2D eigenvalue weighted by molar-refractivity contribution is -0.123. The Hall–Kier alpha value is -1.93. The molecule has 1 fully saturated rings. The molecule has 0 bridgehead atoms. The molecule has 166 valence electrons. The van der Waals surface area contributed by atoms with Gasteiger partial charge in [-0.25, -0.2) is 8.42 Å². The number of nitrogens with one attached hydrogen (secondary N) is 2. The lowest BCUT2D eigenvalue weighted by atomic mass is 10.0. The Bertz CT molecular complexity index is 892. The van der Waals surface area contributed by atoms with E-state index in [-0.39, 0.29) is 28.7 Å². The maximum atomic E-state index is 13.1. The Kier molecular flexibility index (Phi) is 7.18. The molecule has 1 aromatic carbocycles. The van der Waals surface area contributed by atoms with Crippen LogP contribution in [0.15, 0.2) is 23.1 Å². The highest BCUT2D eigenvalue weighted by molar-refractivity contribution is 7.89. The molecule has 1 saturated carbocycles. The summed E-state index contributed by atoms with van der Waals surface area (Å²) in [6, 6.07) is 4.17. The van der Waals surface area contributed by atoms with Crippen molar-refractivity contribution >= 4 is 27.5 Å². The van der Waals surface area contributed by atoms with Crippen LogP contribution in [0.1, 0.15) is 64.9 Å². The van der Waals surface area contributed by atoms with Gasteiger partial charge in [-0.1, -0.05) is 33.6 Å². The largest absolute Gasteiger partial charge is 0.352 e. The van der Waals surface area contributed by atoms with Crippen molar-refractivity contribution in [1.82, 2.24) is 10.0 Å². The normalized spacial score (nSPS) is 17.9. The zero-order valence-electron chi connectivity index (χ0n) is 18.1. The van der Waals surface area contributed by atoms with Crippen molar-refractivity contribution in [3.8, 4) is 0 Å². The van der Waals surface area contributed by atoms with E-state index < -0.39 is 16.1 Å². The van der Waals surface area contributed by atoms with Crippen molar-refractivity contribution < 1.29 is 18.0 Å². The van der Waals surface area contributed by atoms with E-state index in [2.05, 4.69) is 10.0 Å². The van der Waals surface area contributed by atoms with E-state index in [0.717, 1.165) is 36.9 Å². The van der Waals surface area contributed by atoms with Crippen LogP contribution in [0.5, 0.6) is 0 Å². The highest BCUT2D eigenvalue weighted by atomic mass is 32.2. The smallest absolute Gasteiger partial charge is 0.241 e. The first-order valence-electron chi connectivity index (χ1n) is 11.0. The molecule has 30 heavy (non-hydrogen) atoms. The maximum Gasteiger partial charge on any atom is 0.241 e. The number of sulfonamides is 1. The van der Waals surface area contributed by atoms with Gasteiger partial charge in [0.05, 0.1) is 4.90 Å². The summed E-state index contributed by atoms with van der Waals surface area (Å²) < 4.78 is 28.8. The summed E-state index contributed by atoms with van der Waals surface area (Å²) >= 11 is 0. The molecule has 7 nitrogen and oxygen atoms in total. The second kappa shape index (κ2) is 9.47. The number of fused-ring (bicyclic) bond motifs is 1. The van der Waals surface area contributed by atoms with Crippen LogP contribution in [0.2, 0.25) is 0 Å². The fraction of sp³-hybridized carbons (Fsp3) is 0.636. The van der Waals surface area contributed by atoms with Crippen molar-refractivity contribution in [1.29, 1.82) is 0 Å². The highest BCUT2D eigenvalue weighted by Crippen LogP contribution is 2.31. The Morgan fingerprint density at radius 1 is 1.20 bits per heavy atom. The molecule has 1 unspecified atom stereocenters. The summed E-state index contributed by atoms with van der Waals surface area (Å²) in [6.45, 7) is 6.32. The minimum Gasteiger partial charge on any atom is -0.352 e. The van der Waals surface area contributed by atoms with Crippen LogP contribution in [0.25, 0.3) is 0 Å². The molecule has 8 heteroatoms. The number of hydrogen-bond donors (Lipinski definition) is 2. The third-order valence-electron chi connectivity index (χ3n) is 5.88. The van der Waals surface area contributed by atoms with E-state index in [1.54, 1.807) is 17.0 Å². The Morgan fingerprint density at radius 2 is 1.90 bits per heavy atom. The molecule has 1 aliphatic carbocycles. The minimum atomic E-state index is -3.86. The van der Waals surface area contributed by atoms with Crippen molar-refractivity contribution in [2.45, 2.75) is 82.7 Å². The Balaban J connectivity index is 1.77. The van der Waals surface area contributed by atoms with Crippen LogP contribution in [-0.4, -0.2) is 38.9 Å². The first kappa shape index (κ1) is 22.7. The van der Waals surface area contributed by atoms with Gasteiger partial charge in [-0.3, -0.25) is 9.59 Å². The van der Waals surface area contributed by atoms with Gasteiger partial charge >= 0.3 is 0 Å². The first-order chi connectivity index (χ1) is 14.2. The van der Waals surface area contributed by atoms with E-state index in [9.17, 15) is 18.0 Å². The Labute approximate surface area is 179 Å². The predicted octanol–water partition coefficient (Wildman–Crippen LogP) is 2.74. The second-order valence-electron chi connectivity index (χ2n) is 8.73. The Morgan fingerprint density at radius 3 is 2.53 bits per heavy atom. The third kappa shape index (κ3) is 5.21. The molecule has 2 amide bonds. The van der Waals surface area contributed by atoms with E-state index in [1.165, 1.54) is 6.07 Å². The standard InChI is InChI=1S/C22H33N3O4S/c1-4-21(26)25-12-11-16-14-18(9-10-20(16)25)30(28,29)24-19(13-15(2)3)22(27)23-17-7-5-6-8-17/h9-10,14-15,17,19,24H,4-8,11-13H2,1-3H3,(H,23,27). The van der Waals surface area contributed by atoms with Crippen LogP contribution in [0.3, 0.4) is 0 Å². The summed E-state index contributed by atoms with van der Waals surface area (Å²) in [5.74, 6) is -0.0521. The van der Waals surface area contributed by atoms with Crippen LogP contribution in [0, 0.1) is 5.92 Å². The number of carbonyl (C=O) groups is 2. The molecule has 1 aliphatic heterocycles. The van der Waals surface area contributed by atoms with Crippen molar-refractivity contribution in [2.75, 3.05) is 11.4 Å². The van der Waals surface area contributed by atoms with Gasteiger partial charge in [0, 0.05) is 24.7 Å². The number of benzene rings is 1. The van der Waals surface area contributed by atoms with Crippen LogP contribution >= 0.6 is 0 Å². The van der Waals surface area contributed by atoms with Crippen LogP contribution < -0.4 is 14.9 Å². The van der Waals surface area contributed by atoms with E-state index in [4.69, 9.17) is 0 Å². The molecule has 0 saturated heterocycles. The van der Waals surface area contributed by atoms with Crippen molar-refractivity contribution in [3.63, 3.8) is 0 Å². The average Bonchev–Trinajstić information content (AvgIpc) is 3.35. The van der Waals surface area contributed by atoms with E-state index >= 15 is 0 Å². The van der Waals surface area contributed by atoms with Gasteiger partial charge < -0.3 is 10.2 Å². The summed E-state index contributed by atoms with van der Waals surface area (Å²) in [7, 11) is -3.86. The second-order valence-corrected chi connectivity index (χ2v) is 10.4. The predicted molar refractivity (Wildman–Crippen MR) is 117 cm³/mol. The fourth-order valence-electron chi connectivity index (χ4n) is 4.30. The van der Waals surface area contributed by atoms with Crippen LogP contribution in [-0.2, 0) is 26.0 Å². The molecule has 2 aliphatic rings. The third-order valence-corrected chi connectivity index (χ3v) is 7.35. The summed E-state index contributed by atoms with van der Waals surface area (Å²) in [5.41, 5.74) is 1.62. The number of anilines is 1.